The minimum Gasteiger partial charge on any atom is -0.388 e. The number of nitrogens with one attached hydrogen (secondary N) is 1. The van der Waals surface area contributed by atoms with Gasteiger partial charge in [-0.2, -0.15) is 0 Å². The van der Waals surface area contributed by atoms with Gasteiger partial charge in [0, 0.05) is 20.3 Å². The Balaban J connectivity index is 0.000000681. The zero-order valence-electron chi connectivity index (χ0n) is 13.8. The molecule has 9 nitrogen and oxygen atoms in total. The molecular formula is C16H21N3O6S. The summed E-state index contributed by atoms with van der Waals surface area (Å²) in [4.78, 5) is 26.6. The number of methoxy groups -OCH3 is 1. The average molecular weight is 383 g/mol. The van der Waals surface area contributed by atoms with E-state index in [0.717, 1.165) is 11.0 Å². The van der Waals surface area contributed by atoms with Crippen molar-refractivity contribution in [2.75, 3.05) is 14.2 Å². The van der Waals surface area contributed by atoms with Crippen LogP contribution in [0.15, 0.2) is 35.1 Å². The SMILES string of the molecule is C.COC.Cc1cc(=O)n2c([nH]c3ccccc32)c1C(N)=O.O=S(=O)=O. The van der Waals surface area contributed by atoms with E-state index in [1.165, 1.54) is 10.5 Å². The molecule has 0 saturated carbocycles. The Bertz CT molecular complexity index is 1060. The molecule has 26 heavy (non-hydrogen) atoms. The summed E-state index contributed by atoms with van der Waals surface area (Å²) in [5.41, 5.74) is 8.12. The lowest BCUT2D eigenvalue weighted by atomic mass is 10.1. The molecule has 3 N–H and O–H groups in total. The van der Waals surface area contributed by atoms with Crippen molar-refractivity contribution in [3.05, 3.63) is 51.8 Å². The number of primary amides is 1. The van der Waals surface area contributed by atoms with Crippen molar-refractivity contribution in [3.8, 4) is 0 Å². The van der Waals surface area contributed by atoms with Gasteiger partial charge < -0.3 is 15.5 Å². The molecule has 0 fully saturated rings. The largest absolute Gasteiger partial charge is 0.425 e. The molecule has 0 aliphatic rings. The van der Waals surface area contributed by atoms with Crippen molar-refractivity contribution < 1.29 is 22.2 Å². The first-order valence-corrected chi connectivity index (χ1v) is 7.84. The average Bonchev–Trinajstić information content (AvgIpc) is 2.86. The fraction of sp³-hybridized carbons (Fsp3) is 0.250. The van der Waals surface area contributed by atoms with E-state index in [1.54, 1.807) is 21.1 Å². The molecule has 0 saturated heterocycles. The van der Waals surface area contributed by atoms with Crippen molar-refractivity contribution in [3.63, 3.8) is 0 Å². The molecule has 1 amide bonds. The Kier molecular flexibility index (Phi) is 8.95. The van der Waals surface area contributed by atoms with Gasteiger partial charge in [-0.3, -0.25) is 14.0 Å². The first-order chi connectivity index (χ1) is 11.7. The predicted octanol–water partition coefficient (Wildman–Crippen LogP) is 1.08. The summed E-state index contributed by atoms with van der Waals surface area (Å²) >= 11 is 0. The number of rotatable bonds is 1. The predicted molar refractivity (Wildman–Crippen MR) is 98.1 cm³/mol. The maximum atomic E-state index is 12.0. The number of fused-ring (bicyclic) bond motifs is 3. The Morgan fingerprint density at radius 1 is 1.19 bits per heavy atom. The molecule has 3 aromatic rings. The first kappa shape index (κ1) is 23.0. The number of imidazole rings is 1. The summed E-state index contributed by atoms with van der Waals surface area (Å²) in [7, 11) is 0.139. The molecule has 0 unspecified atom stereocenters. The second-order valence-electron chi connectivity index (χ2n) is 4.84. The van der Waals surface area contributed by atoms with Crippen LogP contribution in [0, 0.1) is 6.92 Å². The van der Waals surface area contributed by atoms with E-state index in [9.17, 15) is 9.59 Å². The number of carbonyl (C=O) groups is 1. The van der Waals surface area contributed by atoms with Crippen molar-refractivity contribution in [1.82, 2.24) is 9.38 Å². The van der Waals surface area contributed by atoms with Crippen LogP contribution < -0.4 is 11.3 Å². The lowest BCUT2D eigenvalue weighted by Gasteiger charge is -2.03. The van der Waals surface area contributed by atoms with Gasteiger partial charge in [0.2, 0.25) is 0 Å². The molecule has 2 heterocycles. The number of amides is 1. The van der Waals surface area contributed by atoms with Crippen LogP contribution in [0.2, 0.25) is 0 Å². The van der Waals surface area contributed by atoms with Gasteiger partial charge in [0.05, 0.1) is 16.6 Å². The van der Waals surface area contributed by atoms with Gasteiger partial charge in [-0.1, -0.05) is 19.6 Å². The van der Waals surface area contributed by atoms with Crippen LogP contribution in [0.25, 0.3) is 16.7 Å². The van der Waals surface area contributed by atoms with Crippen molar-refractivity contribution in [2.45, 2.75) is 14.4 Å². The fourth-order valence-corrected chi connectivity index (χ4v) is 2.30. The number of aromatic nitrogens is 2. The van der Waals surface area contributed by atoms with Crippen LogP contribution in [0.5, 0.6) is 0 Å². The number of H-pyrrole nitrogens is 1. The minimum absolute atomic E-state index is 0. The molecule has 1 aromatic carbocycles. The Morgan fingerprint density at radius 2 is 1.69 bits per heavy atom. The van der Waals surface area contributed by atoms with Gasteiger partial charge in [-0.25, -0.2) is 0 Å². The Morgan fingerprint density at radius 3 is 2.19 bits per heavy atom. The number of para-hydroxylation sites is 2. The van der Waals surface area contributed by atoms with Gasteiger partial charge in [0.25, 0.3) is 11.5 Å². The molecule has 10 heteroatoms. The van der Waals surface area contributed by atoms with Gasteiger partial charge in [0.1, 0.15) is 5.65 Å². The highest BCUT2D eigenvalue weighted by Gasteiger charge is 2.15. The lowest BCUT2D eigenvalue weighted by molar-refractivity contribution is 0.100. The first-order valence-electron chi connectivity index (χ1n) is 6.84. The summed E-state index contributed by atoms with van der Waals surface area (Å²) < 4.78 is 31.1. The number of aryl methyl sites for hydroxylation is 1. The third-order valence-electron chi connectivity index (χ3n) is 3.06. The number of benzene rings is 1. The molecule has 0 spiro atoms. The quantitative estimate of drug-likeness (QED) is 0.644. The maximum absolute atomic E-state index is 12.0. The summed E-state index contributed by atoms with van der Waals surface area (Å²) in [5, 5.41) is 0. The van der Waals surface area contributed by atoms with Gasteiger partial charge in [-0.15, -0.1) is 12.6 Å². The maximum Gasteiger partial charge on any atom is 0.425 e. The molecule has 0 atom stereocenters. The van der Waals surface area contributed by atoms with Crippen molar-refractivity contribution >= 4 is 33.2 Å². The number of nitrogens with zero attached hydrogens (tertiary/aromatic N) is 1. The second kappa shape index (κ2) is 10.1. The second-order valence-corrected chi connectivity index (χ2v) is 5.25. The molecular weight excluding hydrogens is 362 g/mol. The van der Waals surface area contributed by atoms with Crippen LogP contribution in [0.1, 0.15) is 23.3 Å². The molecule has 0 bridgehead atoms. The number of ether oxygens (including phenoxy) is 1. The van der Waals surface area contributed by atoms with Gasteiger partial charge in [-0.05, 0) is 24.6 Å². The van der Waals surface area contributed by atoms with Crippen LogP contribution in [0.3, 0.4) is 0 Å². The standard InChI is InChI=1S/C13H11N3O2.C2H6O.CH4.O3S/c1-7-6-10(17)16-9-5-3-2-4-8(9)15-13(16)11(7)12(14)18;1-3-2;;1-4(2)3/h2-6,15H,1H3,(H2,14,18);1-2H3;1H4;. The van der Waals surface area contributed by atoms with E-state index in [4.69, 9.17) is 18.4 Å². The number of pyridine rings is 1. The van der Waals surface area contributed by atoms with Gasteiger partial charge >= 0.3 is 10.6 Å². The van der Waals surface area contributed by atoms with E-state index in [2.05, 4.69) is 9.72 Å². The topological polar surface area (TPSA) is 141 Å². The zero-order chi connectivity index (χ0) is 19.1. The minimum atomic E-state index is -3.11. The molecule has 0 radical (unpaired) electrons. The Labute approximate surface area is 151 Å². The number of aromatic amines is 1. The highest BCUT2D eigenvalue weighted by atomic mass is 32.2. The third kappa shape index (κ3) is 5.26. The van der Waals surface area contributed by atoms with E-state index >= 15 is 0 Å². The Hall–Kier alpha value is -2.98. The van der Waals surface area contributed by atoms with Crippen molar-refractivity contribution in [2.24, 2.45) is 5.73 Å². The number of hydrogen-bond donors (Lipinski definition) is 2. The molecule has 3 rings (SSSR count). The lowest BCUT2D eigenvalue weighted by Crippen LogP contribution is -2.20. The number of nitrogens with two attached hydrogens (primary N) is 1. The summed E-state index contributed by atoms with van der Waals surface area (Å²) in [5.74, 6) is -0.545. The fourth-order valence-electron chi connectivity index (χ4n) is 2.30. The zero-order valence-corrected chi connectivity index (χ0v) is 14.6. The van der Waals surface area contributed by atoms with E-state index in [1.807, 2.05) is 24.3 Å². The summed E-state index contributed by atoms with van der Waals surface area (Å²) in [6, 6.07) is 8.79. The number of carbonyl (C=O) groups excluding carboxylic acids is 1. The molecule has 142 valence electrons. The number of hydrogen-bond acceptors (Lipinski definition) is 6. The molecule has 0 aliphatic heterocycles. The van der Waals surface area contributed by atoms with Gasteiger partial charge in [0.15, 0.2) is 0 Å². The van der Waals surface area contributed by atoms with Crippen molar-refractivity contribution in [1.29, 1.82) is 0 Å². The summed E-state index contributed by atoms with van der Waals surface area (Å²) in [6.45, 7) is 1.70. The smallest absolute Gasteiger partial charge is 0.388 e. The van der Waals surface area contributed by atoms with E-state index < -0.39 is 16.5 Å². The highest BCUT2D eigenvalue weighted by molar-refractivity contribution is 7.59. The van der Waals surface area contributed by atoms with E-state index in [0.29, 0.717) is 16.8 Å². The van der Waals surface area contributed by atoms with Crippen LogP contribution in [-0.2, 0) is 15.3 Å². The molecule has 2 aromatic heterocycles. The molecule has 0 aliphatic carbocycles. The normalized spacial score (nSPS) is 9.35. The van der Waals surface area contributed by atoms with E-state index in [-0.39, 0.29) is 13.0 Å². The van der Waals surface area contributed by atoms with Crippen LogP contribution in [0.4, 0.5) is 0 Å². The highest BCUT2D eigenvalue weighted by Crippen LogP contribution is 2.18. The third-order valence-corrected chi connectivity index (χ3v) is 3.06. The van der Waals surface area contributed by atoms with Crippen LogP contribution >= 0.6 is 0 Å². The van der Waals surface area contributed by atoms with Crippen LogP contribution in [-0.4, -0.2) is 42.1 Å². The summed E-state index contributed by atoms with van der Waals surface area (Å²) in [6.07, 6.45) is 0. The monoisotopic (exact) mass is 383 g/mol.